The number of ether oxygens (including phenoxy) is 1. The minimum absolute atomic E-state index is 0.0100. The van der Waals surface area contributed by atoms with Crippen LogP contribution in [0.2, 0.25) is 0 Å². The number of hydrogen-bond acceptors (Lipinski definition) is 5. The highest BCUT2D eigenvalue weighted by Crippen LogP contribution is 2.30. The molecule has 1 heterocycles. The highest BCUT2D eigenvalue weighted by Gasteiger charge is 2.24. The molecule has 212 valence electrons. The van der Waals surface area contributed by atoms with E-state index in [1.54, 1.807) is 0 Å². The molecule has 1 unspecified atom stereocenters. The summed E-state index contributed by atoms with van der Waals surface area (Å²) >= 11 is 0. The molecular weight excluding hydrogens is 498 g/mol. The van der Waals surface area contributed by atoms with E-state index in [1.165, 1.54) is 29.5 Å². The molecular formula is C31H41NO7. The minimum Gasteiger partial charge on any atom is -0.481 e. The third-order valence-corrected chi connectivity index (χ3v) is 6.58. The molecule has 1 aliphatic rings. The summed E-state index contributed by atoms with van der Waals surface area (Å²) in [6.45, 7) is 5.46. The van der Waals surface area contributed by atoms with Crippen LogP contribution in [0.25, 0.3) is 0 Å². The Morgan fingerprint density at radius 2 is 1.36 bits per heavy atom. The third-order valence-electron chi connectivity index (χ3n) is 6.58. The number of benzene rings is 2. The molecule has 3 N–H and O–H groups in total. The molecule has 1 atom stereocenters. The van der Waals surface area contributed by atoms with Crippen LogP contribution in [0, 0.1) is 6.92 Å². The van der Waals surface area contributed by atoms with Crippen molar-refractivity contribution in [3.8, 4) is 0 Å². The van der Waals surface area contributed by atoms with Crippen LogP contribution in [0.1, 0.15) is 74.2 Å². The molecule has 0 saturated carbocycles. The molecule has 0 spiro atoms. The highest BCUT2D eigenvalue weighted by molar-refractivity contribution is 5.89. The molecule has 0 aromatic heterocycles. The fraction of sp³-hybridized carbons (Fsp3) is 0.452. The van der Waals surface area contributed by atoms with Gasteiger partial charge in [0.25, 0.3) is 0 Å². The van der Waals surface area contributed by atoms with Crippen molar-refractivity contribution in [3.05, 3.63) is 83.4 Å². The standard InChI is InChI=1S/C27H37NO3.C4H4O4/c1-22-13-15-24(16-14-22)27(23-10-6-5-7-11-23)31-25-17-20-28(21-18-25)19-9-4-2-3-8-12-26(29)30;5-3(6)1-2-4(7)8/h5-7,10-11,13-16,25,27H,2-4,8-9,12,17-21H2,1H3,(H,29,30);1-2H,(H,5,6)(H,7,8)/b;2-1+. The third kappa shape index (κ3) is 13.7. The first-order valence-electron chi connectivity index (χ1n) is 13.6. The van der Waals surface area contributed by atoms with Crippen molar-refractivity contribution in [1.29, 1.82) is 0 Å². The second kappa shape index (κ2) is 17.9. The first kappa shape index (κ1) is 31.7. The largest absolute Gasteiger partial charge is 0.481 e. The van der Waals surface area contributed by atoms with Crippen molar-refractivity contribution < 1.29 is 34.4 Å². The van der Waals surface area contributed by atoms with Crippen molar-refractivity contribution in [2.24, 2.45) is 0 Å². The summed E-state index contributed by atoms with van der Waals surface area (Å²) in [6, 6.07) is 19.3. The molecule has 1 fully saturated rings. The van der Waals surface area contributed by atoms with Gasteiger partial charge in [-0.25, -0.2) is 9.59 Å². The van der Waals surface area contributed by atoms with E-state index >= 15 is 0 Å². The molecule has 3 rings (SSSR count). The number of rotatable bonds is 14. The van der Waals surface area contributed by atoms with Crippen molar-refractivity contribution in [2.45, 2.75) is 70.5 Å². The van der Waals surface area contributed by atoms with E-state index in [0.717, 1.165) is 51.7 Å². The molecule has 2 aromatic carbocycles. The second-order valence-corrected chi connectivity index (χ2v) is 9.80. The van der Waals surface area contributed by atoms with E-state index in [9.17, 15) is 14.4 Å². The second-order valence-electron chi connectivity index (χ2n) is 9.80. The maximum absolute atomic E-state index is 10.5. The number of piperidine rings is 1. The summed E-state index contributed by atoms with van der Waals surface area (Å²) < 4.78 is 6.67. The summed E-state index contributed by atoms with van der Waals surface area (Å²) in [4.78, 5) is 32.2. The number of aliphatic carboxylic acids is 3. The predicted octanol–water partition coefficient (Wildman–Crippen LogP) is 5.70. The fourth-order valence-electron chi connectivity index (χ4n) is 4.46. The van der Waals surface area contributed by atoms with Gasteiger partial charge in [-0.05, 0) is 50.3 Å². The number of carboxylic acids is 3. The Morgan fingerprint density at radius 1 is 0.821 bits per heavy atom. The Hall–Kier alpha value is -3.49. The lowest BCUT2D eigenvalue weighted by molar-refractivity contribution is -0.137. The van der Waals surface area contributed by atoms with Gasteiger partial charge in [0.2, 0.25) is 0 Å². The van der Waals surface area contributed by atoms with E-state index < -0.39 is 17.9 Å². The Morgan fingerprint density at radius 3 is 1.92 bits per heavy atom. The Kier molecular flexibility index (Phi) is 14.6. The molecule has 8 heteroatoms. The van der Waals surface area contributed by atoms with E-state index in [2.05, 4.69) is 66.4 Å². The average Bonchev–Trinajstić information content (AvgIpc) is 2.92. The smallest absolute Gasteiger partial charge is 0.328 e. The number of nitrogens with zero attached hydrogens (tertiary/aromatic N) is 1. The van der Waals surface area contributed by atoms with Crippen molar-refractivity contribution in [3.63, 3.8) is 0 Å². The van der Waals surface area contributed by atoms with Crippen LogP contribution in [0.15, 0.2) is 66.7 Å². The molecule has 0 aliphatic carbocycles. The van der Waals surface area contributed by atoms with Crippen molar-refractivity contribution in [1.82, 2.24) is 4.90 Å². The van der Waals surface area contributed by atoms with Gasteiger partial charge in [0.15, 0.2) is 0 Å². The van der Waals surface area contributed by atoms with Crippen molar-refractivity contribution in [2.75, 3.05) is 19.6 Å². The molecule has 39 heavy (non-hydrogen) atoms. The lowest BCUT2D eigenvalue weighted by atomic mass is 9.99. The van der Waals surface area contributed by atoms with E-state index in [0.29, 0.717) is 24.7 Å². The van der Waals surface area contributed by atoms with Crippen LogP contribution in [0.3, 0.4) is 0 Å². The SMILES string of the molecule is Cc1ccc(C(OC2CCN(CCCCCCCC(=O)O)CC2)c2ccccc2)cc1.O=C(O)/C=C/C(=O)O. The first-order chi connectivity index (χ1) is 18.7. The first-order valence-corrected chi connectivity index (χ1v) is 13.6. The van der Waals surface area contributed by atoms with Gasteiger partial charge in [0.05, 0.1) is 6.10 Å². The van der Waals surface area contributed by atoms with Gasteiger partial charge in [-0.3, -0.25) is 4.79 Å². The van der Waals surface area contributed by atoms with Crippen LogP contribution in [-0.4, -0.2) is 63.9 Å². The van der Waals surface area contributed by atoms with Crippen LogP contribution in [0.5, 0.6) is 0 Å². The molecule has 8 nitrogen and oxygen atoms in total. The predicted molar refractivity (Wildman–Crippen MR) is 150 cm³/mol. The fourth-order valence-corrected chi connectivity index (χ4v) is 4.46. The Balaban J connectivity index is 0.000000580. The zero-order chi connectivity index (χ0) is 28.5. The topological polar surface area (TPSA) is 124 Å². The number of aryl methyl sites for hydroxylation is 1. The number of hydrogen-bond donors (Lipinski definition) is 3. The summed E-state index contributed by atoms with van der Waals surface area (Å²) in [7, 11) is 0. The molecule has 0 amide bonds. The van der Waals surface area contributed by atoms with Gasteiger partial charge >= 0.3 is 17.9 Å². The number of likely N-dealkylation sites (tertiary alicyclic amines) is 1. The minimum atomic E-state index is -1.26. The molecule has 2 aromatic rings. The maximum atomic E-state index is 10.5. The van der Waals surface area contributed by atoms with E-state index in [1.807, 2.05) is 0 Å². The maximum Gasteiger partial charge on any atom is 0.328 e. The van der Waals surface area contributed by atoms with Crippen LogP contribution in [-0.2, 0) is 19.1 Å². The Labute approximate surface area is 230 Å². The van der Waals surface area contributed by atoms with Crippen LogP contribution in [0.4, 0.5) is 0 Å². The van der Waals surface area contributed by atoms with E-state index in [-0.39, 0.29) is 6.10 Å². The summed E-state index contributed by atoms with van der Waals surface area (Å²) in [5, 5.41) is 24.3. The lowest BCUT2D eigenvalue weighted by Crippen LogP contribution is -2.38. The summed E-state index contributed by atoms with van der Waals surface area (Å²) in [5.41, 5.74) is 3.71. The van der Waals surface area contributed by atoms with Crippen LogP contribution < -0.4 is 0 Å². The van der Waals surface area contributed by atoms with Gasteiger partial charge < -0.3 is 25.0 Å². The average molecular weight is 540 g/mol. The lowest BCUT2D eigenvalue weighted by Gasteiger charge is -2.34. The van der Waals surface area contributed by atoms with Gasteiger partial charge in [0.1, 0.15) is 6.10 Å². The highest BCUT2D eigenvalue weighted by atomic mass is 16.5. The van der Waals surface area contributed by atoms with Crippen molar-refractivity contribution >= 4 is 17.9 Å². The van der Waals surface area contributed by atoms with Gasteiger partial charge in [-0.1, -0.05) is 79.4 Å². The normalized spacial score (nSPS) is 14.9. The van der Waals surface area contributed by atoms with Gasteiger partial charge in [-0.2, -0.15) is 0 Å². The summed E-state index contributed by atoms with van der Waals surface area (Å²) in [6.07, 6.45) is 9.23. The van der Waals surface area contributed by atoms with Gasteiger partial charge in [-0.15, -0.1) is 0 Å². The molecule has 0 radical (unpaired) electrons. The quantitative estimate of drug-likeness (QED) is 0.206. The number of carboxylic acid groups (broad SMARTS) is 3. The zero-order valence-corrected chi connectivity index (χ0v) is 22.7. The molecule has 0 bridgehead atoms. The molecule has 1 aliphatic heterocycles. The van der Waals surface area contributed by atoms with Gasteiger partial charge in [0, 0.05) is 31.7 Å². The van der Waals surface area contributed by atoms with Crippen LogP contribution >= 0.6 is 0 Å². The zero-order valence-electron chi connectivity index (χ0n) is 22.7. The molecule has 1 saturated heterocycles. The monoisotopic (exact) mass is 539 g/mol. The summed E-state index contributed by atoms with van der Waals surface area (Å²) in [5.74, 6) is -3.19. The van der Waals surface area contributed by atoms with E-state index in [4.69, 9.17) is 20.1 Å². The number of unbranched alkanes of at least 4 members (excludes halogenated alkanes) is 4. The number of carbonyl (C=O) groups is 3. The Bertz CT molecular complexity index is 1010.